The fraction of sp³-hybridized carbons (Fsp3) is 0.0652. The number of para-hydroxylation sites is 5. The summed E-state index contributed by atoms with van der Waals surface area (Å²) in [5, 5.41) is 0. The molecule has 1 heterocycles. The zero-order chi connectivity index (χ0) is 34.0. The zero-order valence-electron chi connectivity index (χ0n) is 28.5. The van der Waals surface area contributed by atoms with Crippen LogP contribution < -0.4 is 9.80 Å². The number of hydrogen-bond acceptors (Lipinski definition) is 3. The maximum absolute atomic E-state index is 5.09. The van der Waals surface area contributed by atoms with Gasteiger partial charge in [-0.25, -0.2) is 4.98 Å². The summed E-state index contributed by atoms with van der Waals surface area (Å²) < 4.78 is 2.24. The molecule has 242 valence electrons. The molecule has 50 heavy (non-hydrogen) atoms. The van der Waals surface area contributed by atoms with Gasteiger partial charge in [0.05, 0.1) is 16.7 Å². The molecule has 1 aromatic heterocycles. The van der Waals surface area contributed by atoms with Gasteiger partial charge in [-0.1, -0.05) is 84.4 Å². The van der Waals surface area contributed by atoms with Crippen LogP contribution in [0.2, 0.25) is 0 Å². The Morgan fingerprint density at radius 3 is 1.46 bits per heavy atom. The van der Waals surface area contributed by atoms with Crippen molar-refractivity contribution in [3.05, 3.63) is 193 Å². The number of benzene rings is 7. The fourth-order valence-electron chi connectivity index (χ4n) is 7.10. The lowest BCUT2D eigenvalue weighted by Gasteiger charge is -2.30. The largest absolute Gasteiger partial charge is 0.311 e. The van der Waals surface area contributed by atoms with E-state index < -0.39 is 0 Å². The molecule has 0 aliphatic heterocycles. The molecule has 0 saturated carbocycles. The number of fused-ring (bicyclic) bond motifs is 1. The van der Waals surface area contributed by atoms with Gasteiger partial charge in [0.15, 0.2) is 0 Å². The average Bonchev–Trinajstić information content (AvgIpc) is 3.55. The normalized spacial score (nSPS) is 11.1. The minimum Gasteiger partial charge on any atom is -0.311 e. The topological polar surface area (TPSA) is 24.3 Å². The Morgan fingerprint density at radius 1 is 0.440 bits per heavy atom. The van der Waals surface area contributed by atoms with E-state index in [2.05, 4.69) is 199 Å². The molecule has 8 rings (SSSR count). The Kier molecular flexibility index (Phi) is 8.19. The lowest BCUT2D eigenvalue weighted by atomic mass is 10.0. The second-order valence-electron chi connectivity index (χ2n) is 12.7. The molecular weight excluding hydrogens is 609 g/mol. The Labute approximate surface area is 294 Å². The van der Waals surface area contributed by atoms with E-state index in [0.717, 1.165) is 56.5 Å². The van der Waals surface area contributed by atoms with Gasteiger partial charge in [-0.15, -0.1) is 0 Å². The van der Waals surface area contributed by atoms with E-state index in [1.54, 1.807) is 0 Å². The second kappa shape index (κ2) is 13.3. The van der Waals surface area contributed by atoms with Crippen molar-refractivity contribution in [2.24, 2.45) is 0 Å². The van der Waals surface area contributed by atoms with Crippen LogP contribution in [0.5, 0.6) is 0 Å². The molecule has 0 saturated heterocycles. The first-order valence-corrected chi connectivity index (χ1v) is 17.1. The zero-order valence-corrected chi connectivity index (χ0v) is 28.5. The molecule has 0 fully saturated rings. The molecule has 0 spiro atoms. The number of aryl methyl sites for hydroxylation is 3. The minimum absolute atomic E-state index is 0.919. The smallest absolute Gasteiger partial charge is 0.145 e. The molecular formula is C46H38N4. The molecule has 0 atom stereocenters. The third-order valence-electron chi connectivity index (χ3n) is 9.21. The quantitative estimate of drug-likeness (QED) is 0.164. The summed E-state index contributed by atoms with van der Waals surface area (Å²) in [6, 6.07) is 62.2. The van der Waals surface area contributed by atoms with Gasteiger partial charge in [-0.05, 0) is 129 Å². The number of hydrogen-bond donors (Lipinski definition) is 0. The van der Waals surface area contributed by atoms with Crippen LogP contribution in [0.3, 0.4) is 0 Å². The Hall–Kier alpha value is -6.39. The molecule has 0 amide bonds. The van der Waals surface area contributed by atoms with Crippen molar-refractivity contribution in [1.82, 2.24) is 9.55 Å². The van der Waals surface area contributed by atoms with Crippen molar-refractivity contribution < 1.29 is 0 Å². The molecule has 0 aliphatic rings. The van der Waals surface area contributed by atoms with Crippen LogP contribution in [0.25, 0.3) is 28.1 Å². The highest BCUT2D eigenvalue weighted by Gasteiger charge is 2.20. The van der Waals surface area contributed by atoms with Crippen molar-refractivity contribution in [2.75, 3.05) is 9.80 Å². The van der Waals surface area contributed by atoms with Gasteiger partial charge in [0.1, 0.15) is 5.82 Å². The SMILES string of the molecule is Cc1cc(C)c(N(c2ccccc2)c2ccc(N(c3ccccc3)c3ccc(-c4nc5ccccc5n4-c4ccccc4)cc3)cc2)c(C)c1. The minimum atomic E-state index is 0.919. The van der Waals surface area contributed by atoms with Crippen molar-refractivity contribution >= 4 is 45.2 Å². The van der Waals surface area contributed by atoms with Crippen molar-refractivity contribution in [2.45, 2.75) is 20.8 Å². The summed E-state index contributed by atoms with van der Waals surface area (Å²) in [6.45, 7) is 6.57. The lowest BCUT2D eigenvalue weighted by Crippen LogP contribution is -2.14. The van der Waals surface area contributed by atoms with E-state index in [1.807, 2.05) is 12.1 Å². The van der Waals surface area contributed by atoms with Gasteiger partial charge in [-0.2, -0.15) is 0 Å². The number of imidazole rings is 1. The third-order valence-corrected chi connectivity index (χ3v) is 9.21. The summed E-state index contributed by atoms with van der Waals surface area (Å²) in [4.78, 5) is 9.77. The fourth-order valence-corrected chi connectivity index (χ4v) is 7.10. The van der Waals surface area contributed by atoms with Crippen LogP contribution in [-0.2, 0) is 0 Å². The third kappa shape index (κ3) is 5.82. The summed E-state index contributed by atoms with van der Waals surface area (Å²) >= 11 is 0. The van der Waals surface area contributed by atoms with Gasteiger partial charge >= 0.3 is 0 Å². The molecule has 0 radical (unpaired) electrons. The first-order valence-electron chi connectivity index (χ1n) is 17.1. The molecule has 0 aliphatic carbocycles. The summed E-state index contributed by atoms with van der Waals surface area (Å²) in [6.07, 6.45) is 0. The predicted molar refractivity (Wildman–Crippen MR) is 210 cm³/mol. The van der Waals surface area contributed by atoms with Crippen LogP contribution in [0, 0.1) is 20.8 Å². The maximum atomic E-state index is 5.09. The second-order valence-corrected chi connectivity index (χ2v) is 12.7. The Balaban J connectivity index is 1.20. The van der Waals surface area contributed by atoms with E-state index in [1.165, 1.54) is 22.4 Å². The predicted octanol–water partition coefficient (Wildman–Crippen LogP) is 12.6. The molecule has 0 N–H and O–H groups in total. The Morgan fingerprint density at radius 2 is 0.880 bits per heavy atom. The van der Waals surface area contributed by atoms with E-state index >= 15 is 0 Å². The molecule has 0 bridgehead atoms. The van der Waals surface area contributed by atoms with Crippen molar-refractivity contribution in [3.8, 4) is 17.1 Å². The van der Waals surface area contributed by atoms with Crippen LogP contribution in [0.1, 0.15) is 16.7 Å². The monoisotopic (exact) mass is 646 g/mol. The summed E-state index contributed by atoms with van der Waals surface area (Å²) in [5.41, 5.74) is 14.7. The number of aromatic nitrogens is 2. The number of nitrogens with zero attached hydrogens (tertiary/aromatic N) is 4. The van der Waals surface area contributed by atoms with Gasteiger partial charge in [0.2, 0.25) is 0 Å². The van der Waals surface area contributed by atoms with Crippen molar-refractivity contribution in [1.29, 1.82) is 0 Å². The highest BCUT2D eigenvalue weighted by Crippen LogP contribution is 2.42. The van der Waals surface area contributed by atoms with Crippen LogP contribution >= 0.6 is 0 Å². The standard InChI is InChI=1S/C46H38N4/c1-33-31-34(2)45(35(3)32-33)49(38-17-9-5-10-18-38)42-29-27-41(28-30-42)48(37-15-7-4-8-16-37)40-25-23-36(24-26-40)46-47-43-21-13-14-22-44(43)50(46)39-19-11-6-12-20-39/h4-32H,1-3H3. The first-order chi connectivity index (χ1) is 24.5. The number of rotatable bonds is 8. The van der Waals surface area contributed by atoms with Crippen LogP contribution in [0.15, 0.2) is 176 Å². The average molecular weight is 647 g/mol. The van der Waals surface area contributed by atoms with E-state index in [-0.39, 0.29) is 0 Å². The highest BCUT2D eigenvalue weighted by atomic mass is 15.2. The van der Waals surface area contributed by atoms with Crippen molar-refractivity contribution in [3.63, 3.8) is 0 Å². The van der Waals surface area contributed by atoms with E-state index in [0.29, 0.717) is 0 Å². The van der Waals surface area contributed by atoms with Crippen LogP contribution in [0.4, 0.5) is 34.1 Å². The van der Waals surface area contributed by atoms with Gasteiger partial charge in [0.25, 0.3) is 0 Å². The summed E-state index contributed by atoms with van der Waals surface area (Å²) in [7, 11) is 0. The first kappa shape index (κ1) is 30.9. The molecule has 4 nitrogen and oxygen atoms in total. The Bertz CT molecular complexity index is 2360. The summed E-state index contributed by atoms with van der Waals surface area (Å²) in [5.74, 6) is 0.919. The maximum Gasteiger partial charge on any atom is 0.145 e. The highest BCUT2D eigenvalue weighted by molar-refractivity contribution is 5.86. The van der Waals surface area contributed by atoms with Gasteiger partial charge in [0, 0.05) is 39.7 Å². The lowest BCUT2D eigenvalue weighted by molar-refractivity contribution is 1.10. The molecule has 0 unspecified atom stereocenters. The van der Waals surface area contributed by atoms with E-state index in [9.17, 15) is 0 Å². The van der Waals surface area contributed by atoms with Gasteiger partial charge < -0.3 is 9.80 Å². The molecule has 4 heteroatoms. The van der Waals surface area contributed by atoms with E-state index in [4.69, 9.17) is 4.98 Å². The van der Waals surface area contributed by atoms with Gasteiger partial charge in [-0.3, -0.25) is 4.57 Å². The van der Waals surface area contributed by atoms with Crippen LogP contribution in [-0.4, -0.2) is 9.55 Å². The number of anilines is 6. The molecule has 7 aromatic carbocycles. The molecule has 8 aromatic rings.